The van der Waals surface area contributed by atoms with Gasteiger partial charge in [-0.2, -0.15) is 52.7 Å². The van der Waals surface area contributed by atoms with Crippen molar-refractivity contribution in [3.8, 4) is 0 Å². The molecule has 2 unspecified atom stereocenters. The number of amides is 2. The number of rotatable bonds is 7. The molecule has 0 spiro atoms. The molecule has 0 aliphatic rings. The van der Waals surface area contributed by atoms with Gasteiger partial charge in [0.15, 0.2) is 0 Å². The van der Waals surface area contributed by atoms with Crippen LogP contribution in [0.4, 0.5) is 57.1 Å². The summed E-state index contributed by atoms with van der Waals surface area (Å²) in [5, 5.41) is 2.30. The number of hydrogen-bond acceptors (Lipinski definition) is 2. The molecule has 2 aromatic rings. The minimum absolute atomic E-state index is 0.0361. The Morgan fingerprint density at radius 1 is 0.881 bits per heavy atom. The quantitative estimate of drug-likeness (QED) is 0.302. The van der Waals surface area contributed by atoms with Crippen LogP contribution in [0.15, 0.2) is 42.5 Å². The molecule has 2 N–H and O–H groups in total. The third-order valence-electron chi connectivity index (χ3n) is 5.32. The first-order valence-corrected chi connectivity index (χ1v) is 11.5. The van der Waals surface area contributed by atoms with Crippen molar-refractivity contribution in [2.75, 3.05) is 6.54 Å². The van der Waals surface area contributed by atoms with E-state index in [-0.39, 0.29) is 18.2 Å². The predicted octanol–water partition coefficient (Wildman–Crippen LogP) is 7.83. The fraction of sp³-hybridized carbons (Fsp3) is 0.333. The van der Waals surface area contributed by atoms with Gasteiger partial charge in [0.2, 0.25) is 5.91 Å². The molecule has 2 amide bonds. The Labute approximate surface area is 232 Å². The molecule has 0 fully saturated rings. The van der Waals surface area contributed by atoms with Crippen LogP contribution in [0, 0.1) is 0 Å². The lowest BCUT2D eigenvalue weighted by atomic mass is 9.94. The monoisotopic (exact) mass is 646 g/mol. The molecule has 2 rings (SSSR count). The van der Waals surface area contributed by atoms with Gasteiger partial charge in [-0.15, -0.1) is 0 Å². The maximum Gasteiger partial charge on any atom is 0.417 e. The number of allylic oxidation sites excluding steroid dienone is 1. The van der Waals surface area contributed by atoms with E-state index in [1.165, 1.54) is 5.32 Å². The molecule has 2 aromatic carbocycles. The van der Waals surface area contributed by atoms with Gasteiger partial charge in [0, 0.05) is 10.6 Å². The zero-order valence-electron chi connectivity index (χ0n) is 20.5. The molecule has 0 aliphatic heterocycles. The highest BCUT2D eigenvalue weighted by atomic mass is 35.5. The summed E-state index contributed by atoms with van der Waals surface area (Å²) in [6.45, 7) is -0.975. The fourth-order valence-corrected chi connectivity index (χ4v) is 3.63. The summed E-state index contributed by atoms with van der Waals surface area (Å²) in [4.78, 5) is 24.1. The van der Waals surface area contributed by atoms with Crippen molar-refractivity contribution in [1.29, 1.82) is 0 Å². The zero-order valence-corrected chi connectivity index (χ0v) is 21.3. The van der Waals surface area contributed by atoms with Crippen molar-refractivity contribution in [3.05, 3.63) is 75.3 Å². The minimum Gasteiger partial charge on any atom is -0.345 e. The SMILES string of the molecule is CC(NC(=O)c1ccc(/C(F)=C/C(c2cc(Cl)cc(C(F)(F)F)c2)C(F)(F)F)cc1C(F)(F)F)C(=O)NCC(F)(F)F. The number of benzene rings is 2. The molecular formula is C24H16ClF13N2O2. The summed E-state index contributed by atoms with van der Waals surface area (Å²) in [6.07, 6.45) is -21.2. The van der Waals surface area contributed by atoms with E-state index in [1.807, 2.05) is 0 Å². The summed E-state index contributed by atoms with van der Waals surface area (Å²) >= 11 is 5.50. The van der Waals surface area contributed by atoms with Crippen LogP contribution in [0.5, 0.6) is 0 Å². The Hall–Kier alpha value is -3.50. The number of carbonyl (C=O) groups is 2. The van der Waals surface area contributed by atoms with E-state index in [9.17, 15) is 66.7 Å². The van der Waals surface area contributed by atoms with Crippen molar-refractivity contribution in [3.63, 3.8) is 0 Å². The minimum atomic E-state index is -5.44. The molecule has 4 nitrogen and oxygen atoms in total. The van der Waals surface area contributed by atoms with Crippen LogP contribution in [0.25, 0.3) is 5.83 Å². The highest BCUT2D eigenvalue weighted by Gasteiger charge is 2.42. The van der Waals surface area contributed by atoms with E-state index in [4.69, 9.17) is 11.6 Å². The van der Waals surface area contributed by atoms with Gasteiger partial charge in [-0.3, -0.25) is 9.59 Å². The Kier molecular flexibility index (Phi) is 10.2. The van der Waals surface area contributed by atoms with Crippen LogP contribution in [-0.4, -0.2) is 36.8 Å². The van der Waals surface area contributed by atoms with E-state index in [0.29, 0.717) is 24.3 Å². The van der Waals surface area contributed by atoms with E-state index in [0.717, 1.165) is 6.92 Å². The zero-order chi connectivity index (χ0) is 32.4. The van der Waals surface area contributed by atoms with Gasteiger partial charge in [-0.05, 0) is 48.9 Å². The highest BCUT2D eigenvalue weighted by Crippen LogP contribution is 2.42. The third kappa shape index (κ3) is 9.52. The average Bonchev–Trinajstić information content (AvgIpc) is 2.82. The normalized spacial score (nSPS) is 14.8. The first-order valence-electron chi connectivity index (χ1n) is 11.1. The van der Waals surface area contributed by atoms with Gasteiger partial charge in [0.25, 0.3) is 5.91 Å². The lowest BCUT2D eigenvalue weighted by molar-refractivity contribution is -0.142. The van der Waals surface area contributed by atoms with Gasteiger partial charge in [0.05, 0.1) is 16.7 Å². The molecule has 0 saturated carbocycles. The first-order chi connectivity index (χ1) is 18.9. The van der Waals surface area contributed by atoms with Gasteiger partial charge in [0.1, 0.15) is 24.3 Å². The van der Waals surface area contributed by atoms with E-state index >= 15 is 0 Å². The Bertz CT molecular complexity index is 1350. The number of nitrogens with one attached hydrogen (secondary N) is 2. The van der Waals surface area contributed by atoms with E-state index in [2.05, 4.69) is 0 Å². The second kappa shape index (κ2) is 12.4. The molecule has 2 atom stereocenters. The number of carbonyl (C=O) groups excluding carboxylic acids is 2. The summed E-state index contributed by atoms with van der Waals surface area (Å²) in [5.74, 6) is -8.15. The van der Waals surface area contributed by atoms with Crippen LogP contribution >= 0.6 is 11.6 Å². The number of hydrogen-bond donors (Lipinski definition) is 2. The Morgan fingerprint density at radius 2 is 1.48 bits per heavy atom. The number of alkyl halides is 12. The van der Waals surface area contributed by atoms with Crippen LogP contribution in [-0.2, 0) is 17.1 Å². The van der Waals surface area contributed by atoms with Crippen molar-refractivity contribution >= 4 is 29.2 Å². The molecule has 18 heteroatoms. The first kappa shape index (κ1) is 34.7. The van der Waals surface area contributed by atoms with Crippen molar-refractivity contribution in [1.82, 2.24) is 10.6 Å². The highest BCUT2D eigenvalue weighted by molar-refractivity contribution is 6.30. The van der Waals surface area contributed by atoms with Crippen LogP contribution in [0.2, 0.25) is 5.02 Å². The summed E-state index contributed by atoms with van der Waals surface area (Å²) in [7, 11) is 0. The van der Waals surface area contributed by atoms with Crippen LogP contribution < -0.4 is 10.6 Å². The molecule has 232 valence electrons. The topological polar surface area (TPSA) is 58.2 Å². The van der Waals surface area contributed by atoms with E-state index < -0.39 is 93.7 Å². The third-order valence-corrected chi connectivity index (χ3v) is 5.54. The molecule has 0 aromatic heterocycles. The maximum atomic E-state index is 14.9. The lowest BCUT2D eigenvalue weighted by Gasteiger charge is -2.20. The summed E-state index contributed by atoms with van der Waals surface area (Å²) < 4.78 is 173. The van der Waals surface area contributed by atoms with Gasteiger partial charge < -0.3 is 10.6 Å². The molecule has 0 heterocycles. The molecule has 0 saturated heterocycles. The number of halogens is 14. The molecule has 0 radical (unpaired) electrons. The van der Waals surface area contributed by atoms with Gasteiger partial charge in [-0.1, -0.05) is 17.7 Å². The Morgan fingerprint density at radius 3 is 1.98 bits per heavy atom. The molecular weight excluding hydrogens is 631 g/mol. The van der Waals surface area contributed by atoms with Gasteiger partial charge >= 0.3 is 24.7 Å². The summed E-state index contributed by atoms with van der Waals surface area (Å²) in [6, 6.07) is -0.292. The summed E-state index contributed by atoms with van der Waals surface area (Å²) in [5.41, 5.74) is -7.13. The second-order valence-corrected chi connectivity index (χ2v) is 9.03. The average molecular weight is 647 g/mol. The van der Waals surface area contributed by atoms with Crippen LogP contribution in [0.3, 0.4) is 0 Å². The largest absolute Gasteiger partial charge is 0.417 e. The maximum absolute atomic E-state index is 14.9. The van der Waals surface area contributed by atoms with Crippen molar-refractivity contribution in [2.24, 2.45) is 0 Å². The van der Waals surface area contributed by atoms with Crippen molar-refractivity contribution in [2.45, 2.75) is 43.6 Å². The fourth-order valence-electron chi connectivity index (χ4n) is 3.38. The predicted molar refractivity (Wildman–Crippen MR) is 122 cm³/mol. The molecule has 0 aliphatic carbocycles. The van der Waals surface area contributed by atoms with Crippen LogP contribution in [0.1, 0.15) is 45.5 Å². The second-order valence-electron chi connectivity index (χ2n) is 8.59. The van der Waals surface area contributed by atoms with Gasteiger partial charge in [-0.25, -0.2) is 4.39 Å². The smallest absolute Gasteiger partial charge is 0.345 e. The van der Waals surface area contributed by atoms with E-state index in [1.54, 1.807) is 5.32 Å². The standard InChI is InChI=1S/C24H16ClF13N2O2/c1-10(19(41)39-9-21(27,28)29)40-20(42)15-3-2-11(6-17(15)24(36,37)38)18(26)8-16(23(33,34)35)12-4-13(22(30,31)32)7-14(25)5-12/h2-8,10,16H,9H2,1H3,(H,39,41)(H,40,42)/b18-8-. The molecule has 42 heavy (non-hydrogen) atoms. The lowest BCUT2D eigenvalue weighted by Crippen LogP contribution is -2.47. The Balaban J connectivity index is 2.49. The van der Waals surface area contributed by atoms with Crippen molar-refractivity contribution < 1.29 is 66.7 Å². The molecule has 0 bridgehead atoms.